The Hall–Kier alpha value is -3.81. The number of rotatable bonds is 14. The normalized spacial score (nSPS) is 17.0. The van der Waals surface area contributed by atoms with Crippen molar-refractivity contribution in [2.45, 2.75) is 52.2 Å². The lowest BCUT2D eigenvalue weighted by atomic mass is 9.82. The van der Waals surface area contributed by atoms with E-state index in [4.69, 9.17) is 9.57 Å². The quantitative estimate of drug-likeness (QED) is 0.239. The van der Waals surface area contributed by atoms with Gasteiger partial charge >= 0.3 is 0 Å². The topological polar surface area (TPSA) is 157 Å². The fourth-order valence-corrected chi connectivity index (χ4v) is 5.32. The number of nitro groups is 1. The van der Waals surface area contributed by atoms with E-state index in [1.807, 2.05) is 13.8 Å². The van der Waals surface area contributed by atoms with Gasteiger partial charge in [-0.2, -0.15) is 4.41 Å². The molecule has 1 saturated heterocycles. The number of hydrazine groups is 1. The molecule has 2 aromatic rings. The summed E-state index contributed by atoms with van der Waals surface area (Å²) in [4.78, 5) is 43.3. The van der Waals surface area contributed by atoms with Crippen LogP contribution in [0.25, 0.3) is 6.08 Å². The van der Waals surface area contributed by atoms with Gasteiger partial charge in [0.15, 0.2) is 6.29 Å². The fourth-order valence-electron chi connectivity index (χ4n) is 4.56. The first-order chi connectivity index (χ1) is 20.0. The molecule has 1 fully saturated rings. The predicted molar refractivity (Wildman–Crippen MR) is 158 cm³/mol. The maximum atomic E-state index is 13.7. The number of hydrogen-bond donors (Lipinski definition) is 2. The summed E-state index contributed by atoms with van der Waals surface area (Å²) < 4.78 is 31.6. The van der Waals surface area contributed by atoms with Crippen molar-refractivity contribution in [3.05, 3.63) is 76.4 Å². The summed E-state index contributed by atoms with van der Waals surface area (Å²) >= 11 is 0. The number of non-ortho nitro benzene ring substituents is 1. The van der Waals surface area contributed by atoms with Crippen molar-refractivity contribution in [1.29, 1.82) is 0 Å². The molecule has 2 aromatic carbocycles. The van der Waals surface area contributed by atoms with Gasteiger partial charge in [0, 0.05) is 25.2 Å². The summed E-state index contributed by atoms with van der Waals surface area (Å²) in [5, 5.41) is 11.0. The van der Waals surface area contributed by atoms with Gasteiger partial charge < -0.3 is 4.74 Å². The van der Waals surface area contributed by atoms with Crippen LogP contribution in [0.5, 0.6) is 0 Å². The number of nitrogens with one attached hydrogen (secondary N) is 2. The van der Waals surface area contributed by atoms with Crippen molar-refractivity contribution in [3.63, 3.8) is 0 Å². The Kier molecular flexibility index (Phi) is 12.0. The Labute approximate surface area is 246 Å². The van der Waals surface area contributed by atoms with Crippen LogP contribution in [0.15, 0.2) is 60.7 Å². The van der Waals surface area contributed by atoms with E-state index in [0.29, 0.717) is 18.6 Å². The predicted octanol–water partition coefficient (Wildman–Crippen LogP) is 4.35. The highest BCUT2D eigenvalue weighted by Crippen LogP contribution is 2.27. The van der Waals surface area contributed by atoms with Crippen LogP contribution in [-0.4, -0.2) is 44.3 Å². The van der Waals surface area contributed by atoms with Crippen molar-refractivity contribution in [3.8, 4) is 0 Å². The van der Waals surface area contributed by atoms with Crippen molar-refractivity contribution < 1.29 is 32.5 Å². The highest BCUT2D eigenvalue weighted by molar-refractivity contribution is 7.92. The smallest absolute Gasteiger partial charge is 0.269 e. The van der Waals surface area contributed by atoms with E-state index in [1.165, 1.54) is 12.1 Å². The van der Waals surface area contributed by atoms with Gasteiger partial charge in [-0.05, 0) is 61.4 Å². The number of allylic oxidation sites excluding steroid dienone is 1. The average Bonchev–Trinajstić information content (AvgIpc) is 2.96. The lowest BCUT2D eigenvalue weighted by molar-refractivity contribution is -0.384. The molecule has 3 rings (SSSR count). The number of hydroxylamine groups is 1. The maximum Gasteiger partial charge on any atom is 0.269 e. The van der Waals surface area contributed by atoms with Crippen LogP contribution in [0.1, 0.15) is 51.5 Å². The number of benzene rings is 2. The van der Waals surface area contributed by atoms with Gasteiger partial charge in [0.2, 0.25) is 21.8 Å². The van der Waals surface area contributed by atoms with E-state index in [1.54, 1.807) is 54.6 Å². The van der Waals surface area contributed by atoms with Crippen molar-refractivity contribution >= 4 is 39.3 Å². The zero-order chi connectivity index (χ0) is 30.7. The fraction of sp³-hybridized carbons (Fsp3) is 0.448. The molecule has 1 unspecified atom stereocenters. The molecule has 3 atom stereocenters. The highest BCUT2D eigenvalue weighted by Gasteiger charge is 2.36. The van der Waals surface area contributed by atoms with Gasteiger partial charge in [0.1, 0.15) is 0 Å². The summed E-state index contributed by atoms with van der Waals surface area (Å²) in [7, 11) is -3.91. The standard InChI is InChI=1S/C29H38N4O8S/c1-21(2)20-26(28(34)30-32(42(3,38)39)23-11-5-4-6-12-23)25(29(35)31-41-27-14-7-8-19-40-27)13-9-10-22-15-17-24(18-16-22)33(36)37/h4-6,9-12,15-18,21,25-27H,7-8,13-14,19-20H2,1-3H3,(H,30,34)(H,31,35)/t25-,26?,27+/m1/s1. The second kappa shape index (κ2) is 15.4. The van der Waals surface area contributed by atoms with Crippen LogP contribution in [0.2, 0.25) is 0 Å². The number of carbonyl (C=O) groups excluding carboxylic acids is 2. The van der Waals surface area contributed by atoms with E-state index < -0.39 is 44.9 Å². The first-order valence-corrected chi connectivity index (χ1v) is 15.6. The van der Waals surface area contributed by atoms with E-state index in [0.717, 1.165) is 23.5 Å². The molecule has 13 heteroatoms. The number of anilines is 1. The number of para-hydroxylation sites is 1. The molecule has 0 aliphatic carbocycles. The monoisotopic (exact) mass is 602 g/mol. The molecule has 0 aromatic heterocycles. The third-order valence-electron chi connectivity index (χ3n) is 6.65. The van der Waals surface area contributed by atoms with Gasteiger partial charge in [-0.1, -0.05) is 44.2 Å². The number of amides is 2. The Morgan fingerprint density at radius 2 is 1.79 bits per heavy atom. The average molecular weight is 603 g/mol. The number of nitro benzene ring substituents is 1. The molecule has 1 aliphatic heterocycles. The van der Waals surface area contributed by atoms with Crippen LogP contribution in [0.4, 0.5) is 11.4 Å². The van der Waals surface area contributed by atoms with Gasteiger partial charge in [-0.15, -0.1) is 0 Å². The van der Waals surface area contributed by atoms with Crippen LogP contribution < -0.4 is 15.3 Å². The SMILES string of the molecule is CC(C)CC(C(=O)NN(c1ccccc1)S(C)(=O)=O)[C@@H](CC=Cc1ccc([N+](=O)[O-])cc1)C(=O)NO[C@H]1CCCCO1. The number of ether oxygens (including phenoxy) is 1. The second-order valence-electron chi connectivity index (χ2n) is 10.5. The molecular weight excluding hydrogens is 564 g/mol. The molecule has 0 bridgehead atoms. The lowest BCUT2D eigenvalue weighted by Crippen LogP contribution is -2.51. The minimum atomic E-state index is -3.91. The molecule has 12 nitrogen and oxygen atoms in total. The van der Waals surface area contributed by atoms with Crippen molar-refractivity contribution in [1.82, 2.24) is 10.9 Å². The first kappa shape index (κ1) is 32.7. The largest absolute Gasteiger partial charge is 0.350 e. The summed E-state index contributed by atoms with van der Waals surface area (Å²) in [6.45, 7) is 4.32. The number of sulfonamides is 1. The van der Waals surface area contributed by atoms with Gasteiger partial charge in [-0.3, -0.25) is 25.1 Å². The minimum Gasteiger partial charge on any atom is -0.350 e. The number of nitrogens with zero attached hydrogens (tertiary/aromatic N) is 2. The van der Waals surface area contributed by atoms with Gasteiger partial charge in [0.25, 0.3) is 5.69 Å². The van der Waals surface area contributed by atoms with Crippen molar-refractivity contribution in [2.75, 3.05) is 17.3 Å². The van der Waals surface area contributed by atoms with Gasteiger partial charge in [-0.25, -0.2) is 18.7 Å². The molecular formula is C29H38N4O8S. The minimum absolute atomic E-state index is 0.0132. The number of carbonyl (C=O) groups is 2. The molecule has 0 spiro atoms. The second-order valence-corrected chi connectivity index (χ2v) is 12.4. The Morgan fingerprint density at radius 1 is 1.10 bits per heavy atom. The zero-order valence-electron chi connectivity index (χ0n) is 24.0. The molecule has 0 radical (unpaired) electrons. The summed E-state index contributed by atoms with van der Waals surface area (Å²) in [5.74, 6) is -3.08. The summed E-state index contributed by atoms with van der Waals surface area (Å²) in [6.07, 6.45) is 6.57. The first-order valence-electron chi connectivity index (χ1n) is 13.8. The molecule has 228 valence electrons. The highest BCUT2D eigenvalue weighted by atomic mass is 32.2. The third-order valence-corrected chi connectivity index (χ3v) is 7.62. The van der Waals surface area contributed by atoms with E-state index in [2.05, 4.69) is 10.9 Å². The van der Waals surface area contributed by atoms with E-state index in [-0.39, 0.29) is 30.1 Å². The van der Waals surface area contributed by atoms with E-state index >= 15 is 0 Å². The summed E-state index contributed by atoms with van der Waals surface area (Å²) in [6, 6.07) is 14.0. The van der Waals surface area contributed by atoms with Crippen LogP contribution in [0, 0.1) is 27.9 Å². The van der Waals surface area contributed by atoms with Crippen molar-refractivity contribution in [2.24, 2.45) is 17.8 Å². The number of hydrogen-bond acceptors (Lipinski definition) is 8. The Morgan fingerprint density at radius 3 is 2.36 bits per heavy atom. The molecule has 2 N–H and O–H groups in total. The lowest BCUT2D eigenvalue weighted by Gasteiger charge is -2.30. The van der Waals surface area contributed by atoms with Crippen LogP contribution in [-0.2, 0) is 29.2 Å². The molecule has 1 aliphatic rings. The molecule has 2 amide bonds. The van der Waals surface area contributed by atoms with E-state index in [9.17, 15) is 28.1 Å². The Bertz CT molecular complexity index is 1330. The van der Waals surface area contributed by atoms with Crippen LogP contribution in [0.3, 0.4) is 0 Å². The molecule has 0 saturated carbocycles. The zero-order valence-corrected chi connectivity index (χ0v) is 24.8. The Balaban J connectivity index is 1.87. The molecule has 1 heterocycles. The molecule has 42 heavy (non-hydrogen) atoms. The maximum absolute atomic E-state index is 13.7. The summed E-state index contributed by atoms with van der Waals surface area (Å²) in [5.41, 5.74) is 5.84. The van der Waals surface area contributed by atoms with Gasteiger partial charge in [0.05, 0.1) is 28.7 Å². The third kappa shape index (κ3) is 9.93. The van der Waals surface area contributed by atoms with Crippen LogP contribution >= 0.6 is 0 Å².